The maximum Gasteiger partial charge on any atom is 0.254 e. The van der Waals surface area contributed by atoms with Gasteiger partial charge in [0.2, 0.25) is 0 Å². The van der Waals surface area contributed by atoms with Crippen LogP contribution in [0.3, 0.4) is 0 Å². The summed E-state index contributed by atoms with van der Waals surface area (Å²) >= 11 is 0. The Balaban J connectivity index is 0.00000120. The van der Waals surface area contributed by atoms with Gasteiger partial charge in [0.05, 0.1) is 12.6 Å². The first kappa shape index (κ1) is 12.6. The number of rotatable bonds is 2. The first-order valence-electron chi connectivity index (χ1n) is 5.55. The quantitative estimate of drug-likeness (QED) is 0.496. The highest BCUT2D eigenvalue weighted by atomic mass is 35.5. The van der Waals surface area contributed by atoms with E-state index in [0.29, 0.717) is 6.67 Å². The van der Waals surface area contributed by atoms with Crippen LogP contribution in [-0.2, 0) is 13.7 Å². The Kier molecular flexibility index (Phi) is 3.34. The van der Waals surface area contributed by atoms with Crippen molar-refractivity contribution < 1.29 is 17.0 Å². The molecule has 6 heteroatoms. The van der Waals surface area contributed by atoms with Crippen molar-refractivity contribution in [2.75, 3.05) is 0 Å². The van der Waals surface area contributed by atoms with Gasteiger partial charge in [-0.15, -0.1) is 5.10 Å². The summed E-state index contributed by atoms with van der Waals surface area (Å²) in [6.45, 7) is 2.77. The molecule has 3 rings (SSSR count). The number of aryl methyl sites for hydroxylation is 1. The van der Waals surface area contributed by atoms with Gasteiger partial charge in [0.15, 0.2) is 6.67 Å². The van der Waals surface area contributed by atoms with Crippen molar-refractivity contribution in [3.05, 3.63) is 42.5 Å². The van der Waals surface area contributed by atoms with E-state index in [-0.39, 0.29) is 12.4 Å². The van der Waals surface area contributed by atoms with Crippen molar-refractivity contribution in [3.8, 4) is 0 Å². The van der Waals surface area contributed by atoms with E-state index in [2.05, 4.69) is 26.4 Å². The van der Waals surface area contributed by atoms with E-state index in [4.69, 9.17) is 0 Å². The molecule has 1 aromatic carbocycles. The lowest BCUT2D eigenvalue weighted by Crippen LogP contribution is -3.00. The Morgan fingerprint density at radius 3 is 2.78 bits per heavy atom. The molecule has 0 amide bonds. The van der Waals surface area contributed by atoms with E-state index < -0.39 is 0 Å². The molecule has 0 bridgehead atoms. The summed E-state index contributed by atoms with van der Waals surface area (Å²) in [4.78, 5) is 0. The molecular formula is C12H14ClN5. The zero-order chi connectivity index (χ0) is 11.8. The van der Waals surface area contributed by atoms with Crippen molar-refractivity contribution in [1.29, 1.82) is 0 Å². The predicted octanol–water partition coefficient (Wildman–Crippen LogP) is -2.12. The average molecular weight is 264 g/mol. The van der Waals surface area contributed by atoms with Crippen LogP contribution >= 0.6 is 0 Å². The molecule has 18 heavy (non-hydrogen) atoms. The molecule has 5 nitrogen and oxygen atoms in total. The maximum atomic E-state index is 4.18. The van der Waals surface area contributed by atoms with Gasteiger partial charge in [0.25, 0.3) is 5.82 Å². The average Bonchev–Trinajstić information content (AvgIpc) is 2.89. The lowest BCUT2D eigenvalue weighted by Gasteiger charge is -2.00. The van der Waals surface area contributed by atoms with Crippen molar-refractivity contribution in [2.45, 2.75) is 13.6 Å². The lowest BCUT2D eigenvalue weighted by atomic mass is 10.3. The van der Waals surface area contributed by atoms with Gasteiger partial charge in [0.1, 0.15) is 17.9 Å². The third-order valence-corrected chi connectivity index (χ3v) is 3.10. The van der Waals surface area contributed by atoms with E-state index in [0.717, 1.165) is 11.0 Å². The minimum Gasteiger partial charge on any atom is -1.00 e. The van der Waals surface area contributed by atoms with Crippen LogP contribution in [0.4, 0.5) is 0 Å². The largest absolute Gasteiger partial charge is 1.00 e. The van der Waals surface area contributed by atoms with Crippen LogP contribution in [-0.4, -0.2) is 19.6 Å². The Labute approximate surface area is 111 Å². The minimum atomic E-state index is 0. The van der Waals surface area contributed by atoms with Crippen LogP contribution in [0.5, 0.6) is 0 Å². The second-order valence-electron chi connectivity index (χ2n) is 4.15. The summed E-state index contributed by atoms with van der Waals surface area (Å²) in [5, 5.41) is 8.32. The maximum absolute atomic E-state index is 4.18. The molecule has 0 fully saturated rings. The molecule has 0 saturated carbocycles. The Bertz CT molecular complexity index is 670. The summed E-state index contributed by atoms with van der Waals surface area (Å²) in [5.41, 5.74) is 1.99. The SMILES string of the molecule is Cc1n(Cn2nnc3ccccc32)cc[n+]1C.[Cl-]. The van der Waals surface area contributed by atoms with Gasteiger partial charge >= 0.3 is 0 Å². The Hall–Kier alpha value is -1.88. The smallest absolute Gasteiger partial charge is 0.254 e. The molecule has 94 valence electrons. The zero-order valence-electron chi connectivity index (χ0n) is 10.3. The van der Waals surface area contributed by atoms with E-state index >= 15 is 0 Å². The molecular weight excluding hydrogens is 250 g/mol. The van der Waals surface area contributed by atoms with Gasteiger partial charge in [-0.3, -0.25) is 0 Å². The number of aromatic nitrogens is 5. The molecule has 0 unspecified atom stereocenters. The Morgan fingerprint density at radius 2 is 2.06 bits per heavy atom. The third-order valence-electron chi connectivity index (χ3n) is 3.10. The first-order valence-corrected chi connectivity index (χ1v) is 5.55. The molecule has 0 N–H and O–H groups in total. The summed E-state index contributed by atoms with van der Waals surface area (Å²) in [5.74, 6) is 1.18. The highest BCUT2D eigenvalue weighted by Crippen LogP contribution is 2.09. The molecule has 0 aliphatic rings. The first-order chi connectivity index (χ1) is 8.25. The normalized spacial score (nSPS) is 10.6. The predicted molar refractivity (Wildman–Crippen MR) is 63.3 cm³/mol. The lowest BCUT2D eigenvalue weighted by molar-refractivity contribution is -0.677. The fourth-order valence-electron chi connectivity index (χ4n) is 1.91. The van der Waals surface area contributed by atoms with Crippen LogP contribution in [0.25, 0.3) is 11.0 Å². The fraction of sp³-hybridized carbons (Fsp3) is 0.250. The number of halogens is 1. The number of hydrogen-bond donors (Lipinski definition) is 0. The molecule has 0 atom stereocenters. The molecule has 3 aromatic rings. The summed E-state index contributed by atoms with van der Waals surface area (Å²) in [6, 6.07) is 7.99. The van der Waals surface area contributed by atoms with E-state index in [9.17, 15) is 0 Å². The minimum absolute atomic E-state index is 0. The zero-order valence-corrected chi connectivity index (χ0v) is 11.0. The van der Waals surface area contributed by atoms with Crippen molar-refractivity contribution in [3.63, 3.8) is 0 Å². The van der Waals surface area contributed by atoms with Crippen LogP contribution in [0, 0.1) is 6.92 Å². The van der Waals surface area contributed by atoms with Crippen molar-refractivity contribution in [2.24, 2.45) is 7.05 Å². The van der Waals surface area contributed by atoms with Crippen LogP contribution in [0.1, 0.15) is 5.82 Å². The second kappa shape index (κ2) is 4.78. The van der Waals surface area contributed by atoms with Crippen LogP contribution in [0.2, 0.25) is 0 Å². The number of para-hydroxylation sites is 1. The molecule has 2 aromatic heterocycles. The van der Waals surface area contributed by atoms with Gasteiger partial charge in [-0.05, 0) is 12.1 Å². The van der Waals surface area contributed by atoms with Crippen molar-refractivity contribution >= 4 is 11.0 Å². The van der Waals surface area contributed by atoms with Crippen molar-refractivity contribution in [1.82, 2.24) is 19.6 Å². The molecule has 0 aliphatic heterocycles. The number of imidazole rings is 1. The topological polar surface area (TPSA) is 39.5 Å². The second-order valence-corrected chi connectivity index (χ2v) is 4.15. The third kappa shape index (κ3) is 1.97. The number of nitrogens with zero attached hydrogens (tertiary/aromatic N) is 5. The monoisotopic (exact) mass is 263 g/mol. The number of hydrogen-bond acceptors (Lipinski definition) is 2. The molecule has 2 heterocycles. The fourth-order valence-corrected chi connectivity index (χ4v) is 1.91. The number of fused-ring (bicyclic) bond motifs is 1. The van der Waals surface area contributed by atoms with Gasteiger partial charge in [-0.2, -0.15) is 0 Å². The van der Waals surface area contributed by atoms with Gasteiger partial charge in [-0.1, -0.05) is 17.3 Å². The van der Waals surface area contributed by atoms with E-state index in [1.165, 1.54) is 5.82 Å². The van der Waals surface area contributed by atoms with E-state index in [1.54, 1.807) is 0 Å². The molecule has 0 saturated heterocycles. The van der Waals surface area contributed by atoms with Gasteiger partial charge < -0.3 is 12.4 Å². The standard InChI is InChI=1S/C12H14N5.ClH/c1-10-15(2)7-8-16(10)9-17-12-6-4-3-5-11(12)13-14-17;/h3-8H,9H2,1-2H3;1H/q+1;/p-1. The molecule has 0 spiro atoms. The molecule has 0 aliphatic carbocycles. The summed E-state index contributed by atoms with van der Waals surface area (Å²) < 4.78 is 6.13. The van der Waals surface area contributed by atoms with E-state index in [1.807, 2.05) is 48.4 Å². The van der Waals surface area contributed by atoms with Crippen LogP contribution in [0.15, 0.2) is 36.7 Å². The van der Waals surface area contributed by atoms with Gasteiger partial charge in [-0.25, -0.2) is 13.8 Å². The number of benzene rings is 1. The Morgan fingerprint density at radius 1 is 1.28 bits per heavy atom. The van der Waals surface area contributed by atoms with Crippen LogP contribution < -0.4 is 17.0 Å². The molecule has 0 radical (unpaired) electrons. The van der Waals surface area contributed by atoms with Gasteiger partial charge in [0, 0.05) is 6.92 Å². The highest BCUT2D eigenvalue weighted by Gasteiger charge is 2.11. The summed E-state index contributed by atoms with van der Waals surface area (Å²) in [6.07, 6.45) is 4.08. The highest BCUT2D eigenvalue weighted by molar-refractivity contribution is 5.73. The summed E-state index contributed by atoms with van der Waals surface area (Å²) in [7, 11) is 2.03.